The number of phenolic OH excluding ortho intramolecular Hbond substituents is 1. The maximum Gasteiger partial charge on any atom is 0.198 e. The molecule has 2 aromatic rings. The number of hydrogen-bond acceptors (Lipinski definition) is 6. The predicted molar refractivity (Wildman–Crippen MR) is 92.1 cm³/mol. The first kappa shape index (κ1) is 15.8. The summed E-state index contributed by atoms with van der Waals surface area (Å²) in [4.78, 5) is 25.6. The van der Waals surface area contributed by atoms with Crippen LogP contribution in [-0.4, -0.2) is 42.6 Å². The third-order valence-electron chi connectivity index (χ3n) is 4.65. The number of rotatable bonds is 2. The highest BCUT2D eigenvalue weighted by Crippen LogP contribution is 2.37. The lowest BCUT2D eigenvalue weighted by atomic mass is 9.82. The van der Waals surface area contributed by atoms with E-state index in [0.717, 1.165) is 0 Å². The number of benzene rings is 2. The molecule has 0 spiro atoms. The molecule has 1 aliphatic carbocycles. The van der Waals surface area contributed by atoms with Crippen LogP contribution < -0.4 is 5.32 Å². The number of sulfone groups is 1. The largest absolute Gasteiger partial charge is 0.507 e. The predicted octanol–water partition coefficient (Wildman–Crippen LogP) is 1.77. The Kier molecular flexibility index (Phi) is 3.43. The van der Waals surface area contributed by atoms with Crippen molar-refractivity contribution in [3.63, 3.8) is 0 Å². The van der Waals surface area contributed by atoms with Gasteiger partial charge in [0.2, 0.25) is 0 Å². The van der Waals surface area contributed by atoms with Gasteiger partial charge in [0.25, 0.3) is 0 Å². The first-order valence-electron chi connectivity index (χ1n) is 7.89. The topological polar surface area (TPSA) is 101 Å². The van der Waals surface area contributed by atoms with Crippen molar-refractivity contribution >= 4 is 27.1 Å². The van der Waals surface area contributed by atoms with Crippen LogP contribution >= 0.6 is 0 Å². The summed E-state index contributed by atoms with van der Waals surface area (Å²) in [6.07, 6.45) is 0.441. The standard InChI is InChI=1S/C18H15NO5S/c20-14-6-5-13(19-10-7-8-25(23,24)9-10)15-16(14)18(22)12-4-2-1-3-11(12)17(15)21/h1-6,10,19-20H,7-9H2. The van der Waals surface area contributed by atoms with Gasteiger partial charge in [-0.25, -0.2) is 8.42 Å². The van der Waals surface area contributed by atoms with Gasteiger partial charge in [-0.1, -0.05) is 24.3 Å². The number of ketones is 2. The lowest BCUT2D eigenvalue weighted by molar-refractivity contribution is 0.0977. The fraction of sp³-hybridized carbons (Fsp3) is 0.222. The molecule has 0 aromatic heterocycles. The van der Waals surface area contributed by atoms with Crippen molar-refractivity contribution in [2.24, 2.45) is 0 Å². The van der Waals surface area contributed by atoms with Gasteiger partial charge in [-0.3, -0.25) is 9.59 Å². The molecule has 2 N–H and O–H groups in total. The minimum atomic E-state index is -3.08. The molecule has 0 saturated carbocycles. The van der Waals surface area contributed by atoms with Crippen LogP contribution in [0.1, 0.15) is 38.3 Å². The van der Waals surface area contributed by atoms with Crippen LogP contribution in [0.3, 0.4) is 0 Å². The van der Waals surface area contributed by atoms with Crippen molar-refractivity contribution in [3.8, 4) is 5.75 Å². The third-order valence-corrected chi connectivity index (χ3v) is 6.41. The van der Waals surface area contributed by atoms with Crippen molar-refractivity contribution in [2.45, 2.75) is 12.5 Å². The Morgan fingerprint density at radius 2 is 1.60 bits per heavy atom. The number of aromatic hydroxyl groups is 1. The van der Waals surface area contributed by atoms with Gasteiger partial charge in [-0.2, -0.15) is 0 Å². The Hall–Kier alpha value is -2.67. The second-order valence-corrected chi connectivity index (χ2v) is 8.56. The lowest BCUT2D eigenvalue weighted by Crippen LogP contribution is -2.26. The van der Waals surface area contributed by atoms with Gasteiger partial charge < -0.3 is 10.4 Å². The number of fused-ring (bicyclic) bond motifs is 2. The van der Waals surface area contributed by atoms with E-state index in [4.69, 9.17) is 0 Å². The minimum absolute atomic E-state index is 0.0125. The van der Waals surface area contributed by atoms with E-state index in [1.54, 1.807) is 24.3 Å². The first-order valence-corrected chi connectivity index (χ1v) is 9.71. The quantitative estimate of drug-likeness (QED) is 0.678. The summed E-state index contributed by atoms with van der Waals surface area (Å²) in [5.74, 6) is -0.940. The zero-order valence-electron chi connectivity index (χ0n) is 13.2. The Morgan fingerprint density at radius 1 is 0.960 bits per heavy atom. The maximum absolute atomic E-state index is 12.9. The van der Waals surface area contributed by atoms with Gasteiger partial charge in [0.15, 0.2) is 21.4 Å². The molecule has 128 valence electrons. The summed E-state index contributed by atoms with van der Waals surface area (Å²) >= 11 is 0. The fourth-order valence-corrected chi connectivity index (χ4v) is 5.13. The molecular weight excluding hydrogens is 342 g/mol. The van der Waals surface area contributed by atoms with E-state index in [1.807, 2.05) is 0 Å². The van der Waals surface area contributed by atoms with Gasteiger partial charge in [-0.15, -0.1) is 0 Å². The summed E-state index contributed by atoms with van der Waals surface area (Å²) in [6.45, 7) is 0. The van der Waals surface area contributed by atoms with Gasteiger partial charge in [0.1, 0.15) is 5.75 Å². The van der Waals surface area contributed by atoms with E-state index >= 15 is 0 Å². The molecule has 0 amide bonds. The van der Waals surface area contributed by atoms with Crippen molar-refractivity contribution in [1.82, 2.24) is 0 Å². The van der Waals surface area contributed by atoms with Crippen LogP contribution in [0.15, 0.2) is 36.4 Å². The normalized spacial score (nSPS) is 20.9. The SMILES string of the molecule is O=C1c2ccccc2C(=O)c2c(NC3CCS(=O)(=O)C3)ccc(O)c21. The smallest absolute Gasteiger partial charge is 0.198 e. The average molecular weight is 357 g/mol. The second-order valence-electron chi connectivity index (χ2n) is 6.33. The molecule has 1 unspecified atom stereocenters. The molecule has 1 atom stereocenters. The molecule has 7 heteroatoms. The Balaban J connectivity index is 1.82. The molecule has 1 aliphatic heterocycles. The van der Waals surface area contributed by atoms with E-state index in [1.165, 1.54) is 12.1 Å². The summed E-state index contributed by atoms with van der Waals surface area (Å²) < 4.78 is 23.3. The van der Waals surface area contributed by atoms with E-state index in [-0.39, 0.29) is 51.3 Å². The van der Waals surface area contributed by atoms with Crippen LogP contribution in [0.5, 0.6) is 5.75 Å². The number of carbonyl (C=O) groups excluding carboxylic acids is 2. The number of nitrogens with one attached hydrogen (secondary N) is 1. The third kappa shape index (κ3) is 2.51. The van der Waals surface area contributed by atoms with Crippen molar-refractivity contribution in [3.05, 3.63) is 58.7 Å². The fourth-order valence-electron chi connectivity index (χ4n) is 3.45. The number of anilines is 1. The first-order chi connectivity index (χ1) is 11.9. The molecule has 4 rings (SSSR count). The summed E-state index contributed by atoms with van der Waals surface area (Å²) in [6, 6.07) is 9.01. The maximum atomic E-state index is 12.9. The summed E-state index contributed by atoms with van der Waals surface area (Å²) in [7, 11) is -3.08. The van der Waals surface area contributed by atoms with Gasteiger partial charge in [0.05, 0.1) is 22.6 Å². The molecule has 0 bridgehead atoms. The molecule has 25 heavy (non-hydrogen) atoms. The number of hydrogen-bond donors (Lipinski definition) is 2. The van der Waals surface area contributed by atoms with Crippen LogP contribution in [0.4, 0.5) is 5.69 Å². The molecule has 6 nitrogen and oxygen atoms in total. The van der Waals surface area contributed by atoms with Gasteiger partial charge >= 0.3 is 0 Å². The van der Waals surface area contributed by atoms with Crippen LogP contribution in [0, 0.1) is 0 Å². The molecular formula is C18H15NO5S. The van der Waals surface area contributed by atoms with Crippen molar-refractivity contribution < 1.29 is 23.1 Å². The zero-order valence-corrected chi connectivity index (χ0v) is 14.0. The molecule has 0 radical (unpaired) electrons. The Morgan fingerprint density at radius 3 is 2.20 bits per heavy atom. The highest BCUT2D eigenvalue weighted by atomic mass is 32.2. The van der Waals surface area contributed by atoms with E-state index in [2.05, 4.69) is 5.32 Å². The van der Waals surface area contributed by atoms with E-state index in [9.17, 15) is 23.1 Å². The van der Waals surface area contributed by atoms with E-state index < -0.39 is 15.6 Å². The zero-order chi connectivity index (χ0) is 17.8. The van der Waals surface area contributed by atoms with Crippen molar-refractivity contribution in [2.75, 3.05) is 16.8 Å². The monoisotopic (exact) mass is 357 g/mol. The van der Waals surface area contributed by atoms with Crippen LogP contribution in [0.25, 0.3) is 0 Å². The Bertz CT molecular complexity index is 1030. The molecule has 2 aromatic carbocycles. The average Bonchev–Trinajstić information content (AvgIpc) is 2.93. The number of carbonyl (C=O) groups is 2. The lowest BCUT2D eigenvalue weighted by Gasteiger charge is -2.23. The highest BCUT2D eigenvalue weighted by molar-refractivity contribution is 7.91. The molecule has 1 saturated heterocycles. The molecule has 2 aliphatic rings. The molecule has 1 heterocycles. The van der Waals surface area contributed by atoms with Gasteiger partial charge in [-0.05, 0) is 18.6 Å². The van der Waals surface area contributed by atoms with Gasteiger partial charge in [0, 0.05) is 22.9 Å². The van der Waals surface area contributed by atoms with Crippen LogP contribution in [-0.2, 0) is 9.84 Å². The molecule has 1 fully saturated rings. The van der Waals surface area contributed by atoms with E-state index in [0.29, 0.717) is 12.1 Å². The highest BCUT2D eigenvalue weighted by Gasteiger charge is 2.35. The second kappa shape index (κ2) is 5.42. The van der Waals surface area contributed by atoms with Crippen LogP contribution in [0.2, 0.25) is 0 Å². The Labute approximate surface area is 144 Å². The van der Waals surface area contributed by atoms with Crippen molar-refractivity contribution in [1.29, 1.82) is 0 Å². The summed E-state index contributed by atoms with van der Waals surface area (Å²) in [5, 5.41) is 13.2. The summed E-state index contributed by atoms with van der Waals surface area (Å²) in [5.41, 5.74) is 0.994. The number of phenols is 1. The minimum Gasteiger partial charge on any atom is -0.507 e.